The van der Waals surface area contributed by atoms with Crippen molar-refractivity contribution >= 4 is 0 Å². The van der Waals surface area contributed by atoms with Crippen LogP contribution >= 0.6 is 0 Å². The van der Waals surface area contributed by atoms with Crippen molar-refractivity contribution < 1.29 is 0 Å². The summed E-state index contributed by atoms with van der Waals surface area (Å²) in [6.45, 7) is 9.83. The molecule has 2 rings (SSSR count). The highest BCUT2D eigenvalue weighted by atomic mass is 15.2. The smallest absolute Gasteiger partial charge is 0.0547 e. The number of aryl methyl sites for hydroxylation is 1. The van der Waals surface area contributed by atoms with Crippen molar-refractivity contribution in [1.29, 1.82) is 0 Å². The average molecular weight is 233 g/mol. The maximum atomic E-state index is 4.60. The van der Waals surface area contributed by atoms with Crippen LogP contribution in [0.3, 0.4) is 0 Å². The number of hydrogen-bond donors (Lipinski definition) is 1. The highest BCUT2D eigenvalue weighted by molar-refractivity contribution is 5.10. The summed E-state index contributed by atoms with van der Waals surface area (Å²) in [6, 6.07) is 7.49. The lowest BCUT2D eigenvalue weighted by Gasteiger charge is -2.27. The predicted molar refractivity (Wildman–Crippen MR) is 70.9 cm³/mol. The Kier molecular flexibility index (Phi) is 4.13. The molecule has 1 aromatic rings. The lowest BCUT2D eigenvalue weighted by molar-refractivity contribution is 0.196. The zero-order chi connectivity index (χ0) is 12.3. The third-order valence-electron chi connectivity index (χ3n) is 3.50. The summed E-state index contributed by atoms with van der Waals surface area (Å²) >= 11 is 0. The Morgan fingerprint density at radius 3 is 3.00 bits per heavy atom. The Morgan fingerprint density at radius 2 is 2.24 bits per heavy atom. The molecule has 2 unspecified atom stereocenters. The van der Waals surface area contributed by atoms with Crippen LogP contribution in [0.4, 0.5) is 0 Å². The molecular weight excluding hydrogens is 210 g/mol. The topological polar surface area (TPSA) is 28.2 Å². The van der Waals surface area contributed by atoms with Gasteiger partial charge < -0.3 is 5.32 Å². The molecule has 1 fully saturated rings. The van der Waals surface area contributed by atoms with E-state index in [4.69, 9.17) is 0 Å². The molecule has 1 saturated heterocycles. The van der Waals surface area contributed by atoms with E-state index in [0.29, 0.717) is 12.1 Å². The summed E-state index contributed by atoms with van der Waals surface area (Å²) in [5, 5.41) is 3.54. The zero-order valence-electron chi connectivity index (χ0n) is 11.1. The zero-order valence-corrected chi connectivity index (χ0v) is 11.1. The minimum Gasteiger partial charge on any atom is -0.313 e. The van der Waals surface area contributed by atoms with Gasteiger partial charge in [0, 0.05) is 30.9 Å². The van der Waals surface area contributed by atoms with Crippen molar-refractivity contribution in [2.45, 2.75) is 45.8 Å². The van der Waals surface area contributed by atoms with Gasteiger partial charge in [-0.1, -0.05) is 6.07 Å². The summed E-state index contributed by atoms with van der Waals surface area (Å²) in [4.78, 5) is 7.13. The van der Waals surface area contributed by atoms with E-state index in [-0.39, 0.29) is 0 Å². The molecule has 1 aliphatic heterocycles. The van der Waals surface area contributed by atoms with E-state index < -0.39 is 0 Å². The molecule has 94 valence electrons. The van der Waals surface area contributed by atoms with Crippen LogP contribution in [0.5, 0.6) is 0 Å². The number of pyridine rings is 1. The van der Waals surface area contributed by atoms with E-state index in [9.17, 15) is 0 Å². The summed E-state index contributed by atoms with van der Waals surface area (Å²) < 4.78 is 0. The third-order valence-corrected chi connectivity index (χ3v) is 3.50. The molecule has 3 heteroatoms. The summed E-state index contributed by atoms with van der Waals surface area (Å²) in [5.41, 5.74) is 2.29. The Balaban J connectivity index is 2.05. The van der Waals surface area contributed by atoms with Gasteiger partial charge in [0.15, 0.2) is 0 Å². The SMILES string of the molecule is Cc1cccc(CN2CC(C)NCCC2C)n1. The molecule has 1 aromatic heterocycles. The van der Waals surface area contributed by atoms with Gasteiger partial charge in [-0.3, -0.25) is 9.88 Å². The maximum Gasteiger partial charge on any atom is 0.0547 e. The van der Waals surface area contributed by atoms with Crippen molar-refractivity contribution in [1.82, 2.24) is 15.2 Å². The van der Waals surface area contributed by atoms with Crippen LogP contribution in [-0.2, 0) is 6.54 Å². The lowest BCUT2D eigenvalue weighted by atomic mass is 10.2. The average Bonchev–Trinajstić information content (AvgIpc) is 2.41. The Labute approximate surface area is 104 Å². The fraction of sp³-hybridized carbons (Fsp3) is 0.643. The van der Waals surface area contributed by atoms with E-state index in [1.165, 1.54) is 12.1 Å². The molecule has 2 heterocycles. The van der Waals surface area contributed by atoms with Gasteiger partial charge in [-0.15, -0.1) is 0 Å². The Morgan fingerprint density at radius 1 is 1.41 bits per heavy atom. The standard InChI is InChI=1S/C14H23N3/c1-11-5-4-6-14(16-11)10-17-9-12(2)15-8-7-13(17)3/h4-6,12-13,15H,7-10H2,1-3H3. The van der Waals surface area contributed by atoms with E-state index in [1.54, 1.807) is 0 Å². The molecule has 3 nitrogen and oxygen atoms in total. The van der Waals surface area contributed by atoms with Crippen molar-refractivity contribution in [2.75, 3.05) is 13.1 Å². The van der Waals surface area contributed by atoms with Crippen LogP contribution in [0.25, 0.3) is 0 Å². The second-order valence-electron chi connectivity index (χ2n) is 5.19. The highest BCUT2D eigenvalue weighted by Gasteiger charge is 2.20. The van der Waals surface area contributed by atoms with Crippen LogP contribution in [-0.4, -0.2) is 35.1 Å². The molecule has 0 radical (unpaired) electrons. The quantitative estimate of drug-likeness (QED) is 0.846. The van der Waals surface area contributed by atoms with Gasteiger partial charge >= 0.3 is 0 Å². The molecule has 0 spiro atoms. The molecule has 0 aliphatic carbocycles. The Hall–Kier alpha value is -0.930. The number of hydrogen-bond acceptors (Lipinski definition) is 3. The summed E-state index contributed by atoms with van der Waals surface area (Å²) in [5.74, 6) is 0. The first-order chi connectivity index (χ1) is 8.15. The molecule has 1 aliphatic rings. The minimum atomic E-state index is 0.574. The van der Waals surface area contributed by atoms with Gasteiger partial charge in [-0.25, -0.2) is 0 Å². The minimum absolute atomic E-state index is 0.574. The normalized spacial score (nSPS) is 26.8. The van der Waals surface area contributed by atoms with Gasteiger partial charge in [0.05, 0.1) is 5.69 Å². The summed E-state index contributed by atoms with van der Waals surface area (Å²) in [6.07, 6.45) is 1.22. The van der Waals surface area contributed by atoms with Crippen molar-refractivity contribution in [3.05, 3.63) is 29.6 Å². The monoisotopic (exact) mass is 233 g/mol. The van der Waals surface area contributed by atoms with Crippen LogP contribution in [0.1, 0.15) is 31.7 Å². The van der Waals surface area contributed by atoms with Crippen molar-refractivity contribution in [3.63, 3.8) is 0 Å². The molecule has 0 aromatic carbocycles. The molecule has 17 heavy (non-hydrogen) atoms. The first kappa shape index (κ1) is 12.5. The molecule has 2 atom stereocenters. The van der Waals surface area contributed by atoms with Gasteiger partial charge in [-0.05, 0) is 45.9 Å². The van der Waals surface area contributed by atoms with Gasteiger partial charge in [-0.2, -0.15) is 0 Å². The second kappa shape index (κ2) is 5.61. The predicted octanol–water partition coefficient (Wildman–Crippen LogP) is 1.96. The number of rotatable bonds is 2. The highest BCUT2D eigenvalue weighted by Crippen LogP contribution is 2.12. The van der Waals surface area contributed by atoms with Crippen LogP contribution in [0, 0.1) is 6.92 Å². The first-order valence-corrected chi connectivity index (χ1v) is 6.55. The largest absolute Gasteiger partial charge is 0.313 e. The van der Waals surface area contributed by atoms with E-state index >= 15 is 0 Å². The molecular formula is C14H23N3. The number of nitrogens with zero attached hydrogens (tertiary/aromatic N) is 2. The number of nitrogens with one attached hydrogen (secondary N) is 1. The fourth-order valence-electron chi connectivity index (χ4n) is 2.43. The third kappa shape index (κ3) is 3.51. The molecule has 0 amide bonds. The van der Waals surface area contributed by atoms with E-state index in [1.807, 2.05) is 0 Å². The van der Waals surface area contributed by atoms with Crippen molar-refractivity contribution in [2.24, 2.45) is 0 Å². The molecule has 0 bridgehead atoms. The first-order valence-electron chi connectivity index (χ1n) is 6.55. The van der Waals surface area contributed by atoms with E-state index in [2.05, 4.69) is 54.2 Å². The van der Waals surface area contributed by atoms with Gasteiger partial charge in [0.25, 0.3) is 0 Å². The van der Waals surface area contributed by atoms with Crippen LogP contribution in [0.15, 0.2) is 18.2 Å². The van der Waals surface area contributed by atoms with Crippen LogP contribution in [0.2, 0.25) is 0 Å². The summed E-state index contributed by atoms with van der Waals surface area (Å²) in [7, 11) is 0. The number of aromatic nitrogens is 1. The fourth-order valence-corrected chi connectivity index (χ4v) is 2.43. The van der Waals surface area contributed by atoms with Gasteiger partial charge in [0.1, 0.15) is 0 Å². The molecule has 1 N–H and O–H groups in total. The second-order valence-corrected chi connectivity index (χ2v) is 5.19. The van der Waals surface area contributed by atoms with Gasteiger partial charge in [0.2, 0.25) is 0 Å². The molecule has 0 saturated carbocycles. The van der Waals surface area contributed by atoms with E-state index in [0.717, 1.165) is 25.3 Å². The maximum absolute atomic E-state index is 4.60. The van der Waals surface area contributed by atoms with Crippen LogP contribution < -0.4 is 5.32 Å². The Bertz CT molecular complexity index is 364. The van der Waals surface area contributed by atoms with Crippen molar-refractivity contribution in [3.8, 4) is 0 Å². The lowest BCUT2D eigenvalue weighted by Crippen LogP contribution is -2.38.